The quantitative estimate of drug-likeness (QED) is 0.921. The molecule has 0 aliphatic heterocycles. The third-order valence-corrected chi connectivity index (χ3v) is 2.83. The molecule has 0 aliphatic carbocycles. The fraction of sp³-hybridized carbons (Fsp3) is 0.111. The van der Waals surface area contributed by atoms with Gasteiger partial charge in [-0.3, -0.25) is 4.57 Å². The number of hydrogen-bond donors (Lipinski definition) is 1. The first-order valence-electron chi connectivity index (χ1n) is 4.17. The summed E-state index contributed by atoms with van der Waals surface area (Å²) in [7, 11) is 0. The monoisotopic (exact) mass is 287 g/mol. The highest BCUT2D eigenvalue weighted by Crippen LogP contribution is 2.25. The first-order chi connectivity index (χ1) is 7.22. The number of rotatable bonds is 2. The summed E-state index contributed by atoms with van der Waals surface area (Å²) < 4.78 is 2.54. The van der Waals surface area contributed by atoms with Crippen molar-refractivity contribution in [3.05, 3.63) is 39.8 Å². The van der Waals surface area contributed by atoms with Crippen molar-refractivity contribution in [2.45, 2.75) is 6.61 Å². The van der Waals surface area contributed by atoms with Gasteiger partial charge in [0.05, 0.1) is 5.69 Å². The van der Waals surface area contributed by atoms with Gasteiger partial charge in [0, 0.05) is 9.50 Å². The van der Waals surface area contributed by atoms with Crippen LogP contribution in [0.1, 0.15) is 5.82 Å². The Morgan fingerprint density at radius 3 is 3.00 bits per heavy atom. The highest BCUT2D eigenvalue weighted by atomic mass is 79.9. The van der Waals surface area contributed by atoms with E-state index in [0.29, 0.717) is 10.8 Å². The molecule has 0 saturated heterocycles. The van der Waals surface area contributed by atoms with E-state index in [9.17, 15) is 0 Å². The molecule has 2 rings (SSSR count). The Kier molecular flexibility index (Phi) is 3.04. The molecule has 0 unspecified atom stereocenters. The summed E-state index contributed by atoms with van der Waals surface area (Å²) in [6.07, 6.45) is 1.53. The van der Waals surface area contributed by atoms with Crippen molar-refractivity contribution < 1.29 is 5.11 Å². The van der Waals surface area contributed by atoms with Gasteiger partial charge in [-0.2, -0.15) is 0 Å². The number of aliphatic hydroxyl groups excluding tert-OH is 1. The molecule has 2 aromatic rings. The zero-order valence-corrected chi connectivity index (χ0v) is 9.90. The van der Waals surface area contributed by atoms with Crippen LogP contribution in [0.3, 0.4) is 0 Å². The Bertz CT molecular complexity index is 486. The van der Waals surface area contributed by atoms with Gasteiger partial charge >= 0.3 is 0 Å². The van der Waals surface area contributed by atoms with Crippen molar-refractivity contribution in [2.24, 2.45) is 0 Å². The molecule has 1 aromatic heterocycles. The standard InChI is InChI=1S/C9H7BrClN3O/c10-7-2-1-6(11)3-8(7)14-5-12-13-9(14)4-15/h1-3,5,15H,4H2. The number of hydrogen-bond acceptors (Lipinski definition) is 3. The van der Waals surface area contributed by atoms with Gasteiger partial charge in [-0.1, -0.05) is 11.6 Å². The topological polar surface area (TPSA) is 50.9 Å². The molecule has 0 amide bonds. The summed E-state index contributed by atoms with van der Waals surface area (Å²) in [6, 6.07) is 5.38. The van der Waals surface area contributed by atoms with Crippen molar-refractivity contribution >= 4 is 27.5 Å². The van der Waals surface area contributed by atoms with E-state index >= 15 is 0 Å². The average molecular weight is 289 g/mol. The lowest BCUT2D eigenvalue weighted by atomic mass is 10.3. The minimum Gasteiger partial charge on any atom is -0.388 e. The van der Waals surface area contributed by atoms with Crippen molar-refractivity contribution in [1.29, 1.82) is 0 Å². The molecule has 6 heteroatoms. The first kappa shape index (κ1) is 10.6. The second-order valence-corrected chi connectivity index (χ2v) is 4.16. The fourth-order valence-corrected chi connectivity index (χ4v) is 1.84. The highest BCUT2D eigenvalue weighted by Gasteiger charge is 2.08. The maximum Gasteiger partial charge on any atom is 0.163 e. The van der Waals surface area contributed by atoms with Crippen LogP contribution < -0.4 is 0 Å². The number of halogens is 2. The van der Waals surface area contributed by atoms with Crippen LogP contribution in [0.25, 0.3) is 5.69 Å². The molecule has 0 bridgehead atoms. The summed E-state index contributed by atoms with van der Waals surface area (Å²) in [5, 5.41) is 17.2. The summed E-state index contributed by atoms with van der Waals surface area (Å²) in [6.45, 7) is -0.168. The first-order valence-corrected chi connectivity index (χ1v) is 5.34. The van der Waals surface area contributed by atoms with Gasteiger partial charge in [-0.05, 0) is 34.1 Å². The van der Waals surface area contributed by atoms with Crippen molar-refractivity contribution in [3.63, 3.8) is 0 Å². The molecular weight excluding hydrogens is 281 g/mol. The normalized spacial score (nSPS) is 10.6. The second-order valence-electron chi connectivity index (χ2n) is 2.87. The molecule has 4 nitrogen and oxygen atoms in total. The molecule has 15 heavy (non-hydrogen) atoms. The van der Waals surface area contributed by atoms with Gasteiger partial charge in [0.25, 0.3) is 0 Å². The van der Waals surface area contributed by atoms with Crippen LogP contribution in [0.4, 0.5) is 0 Å². The lowest BCUT2D eigenvalue weighted by molar-refractivity contribution is 0.269. The van der Waals surface area contributed by atoms with E-state index in [-0.39, 0.29) is 6.61 Å². The molecule has 1 heterocycles. The van der Waals surface area contributed by atoms with Gasteiger partial charge in [-0.15, -0.1) is 10.2 Å². The lowest BCUT2D eigenvalue weighted by Crippen LogP contribution is -2.00. The predicted octanol–water partition coefficient (Wildman–Crippen LogP) is 2.18. The zero-order chi connectivity index (χ0) is 10.8. The maximum absolute atomic E-state index is 9.06. The third-order valence-electron chi connectivity index (χ3n) is 1.93. The second kappa shape index (κ2) is 4.30. The minimum absolute atomic E-state index is 0.168. The summed E-state index contributed by atoms with van der Waals surface area (Å²) in [5.74, 6) is 0.470. The molecule has 0 fully saturated rings. The Balaban J connectivity index is 2.58. The van der Waals surface area contributed by atoms with E-state index in [4.69, 9.17) is 16.7 Å². The van der Waals surface area contributed by atoms with Crippen LogP contribution in [0.5, 0.6) is 0 Å². The maximum atomic E-state index is 9.06. The SMILES string of the molecule is OCc1nncn1-c1cc(Cl)ccc1Br. The predicted molar refractivity (Wildman–Crippen MR) is 60.0 cm³/mol. The molecule has 0 radical (unpaired) electrons. The van der Waals surface area contributed by atoms with Gasteiger partial charge < -0.3 is 5.11 Å². The van der Waals surface area contributed by atoms with Gasteiger partial charge in [-0.25, -0.2) is 0 Å². The van der Waals surface area contributed by atoms with Crippen LogP contribution in [0.2, 0.25) is 5.02 Å². The summed E-state index contributed by atoms with van der Waals surface area (Å²) in [4.78, 5) is 0. The molecule has 78 valence electrons. The zero-order valence-electron chi connectivity index (χ0n) is 7.56. The Labute approximate surface area is 99.6 Å². The minimum atomic E-state index is -0.168. The Morgan fingerprint density at radius 2 is 2.27 bits per heavy atom. The number of aliphatic hydroxyl groups is 1. The van der Waals surface area contributed by atoms with E-state index in [1.165, 1.54) is 6.33 Å². The van der Waals surface area contributed by atoms with E-state index in [0.717, 1.165) is 10.2 Å². The van der Waals surface area contributed by atoms with Crippen LogP contribution >= 0.6 is 27.5 Å². The molecule has 1 aromatic carbocycles. The van der Waals surface area contributed by atoms with Gasteiger partial charge in [0.15, 0.2) is 5.82 Å². The fourth-order valence-electron chi connectivity index (χ4n) is 1.24. The van der Waals surface area contributed by atoms with Crippen molar-refractivity contribution in [1.82, 2.24) is 14.8 Å². The molecule has 0 atom stereocenters. The average Bonchev–Trinajstić information content (AvgIpc) is 2.69. The molecular formula is C9H7BrClN3O. The van der Waals surface area contributed by atoms with Crippen LogP contribution in [-0.4, -0.2) is 19.9 Å². The van der Waals surface area contributed by atoms with Gasteiger partial charge in [0.2, 0.25) is 0 Å². The van der Waals surface area contributed by atoms with E-state index in [1.807, 2.05) is 6.07 Å². The molecule has 0 spiro atoms. The molecule has 1 N–H and O–H groups in total. The lowest BCUT2D eigenvalue weighted by Gasteiger charge is -2.07. The molecule has 0 aliphatic rings. The number of nitrogens with zero attached hydrogens (tertiary/aromatic N) is 3. The van der Waals surface area contributed by atoms with Crippen LogP contribution in [-0.2, 0) is 6.61 Å². The Hall–Kier alpha value is -0.910. The highest BCUT2D eigenvalue weighted by molar-refractivity contribution is 9.10. The number of benzene rings is 1. The largest absolute Gasteiger partial charge is 0.388 e. The van der Waals surface area contributed by atoms with E-state index in [1.54, 1.807) is 16.7 Å². The third kappa shape index (κ3) is 2.04. The van der Waals surface area contributed by atoms with Gasteiger partial charge in [0.1, 0.15) is 12.9 Å². The molecule has 0 saturated carbocycles. The van der Waals surface area contributed by atoms with Crippen molar-refractivity contribution in [2.75, 3.05) is 0 Å². The number of aromatic nitrogens is 3. The van der Waals surface area contributed by atoms with Crippen LogP contribution in [0, 0.1) is 0 Å². The van der Waals surface area contributed by atoms with Crippen LogP contribution in [0.15, 0.2) is 29.0 Å². The smallest absolute Gasteiger partial charge is 0.163 e. The van der Waals surface area contributed by atoms with E-state index in [2.05, 4.69) is 26.1 Å². The van der Waals surface area contributed by atoms with Crippen molar-refractivity contribution in [3.8, 4) is 5.69 Å². The summed E-state index contributed by atoms with van der Waals surface area (Å²) in [5.41, 5.74) is 0.802. The Morgan fingerprint density at radius 1 is 1.47 bits per heavy atom. The summed E-state index contributed by atoms with van der Waals surface area (Å²) >= 11 is 9.29. The van der Waals surface area contributed by atoms with E-state index < -0.39 is 0 Å².